The number of methoxy groups -OCH3 is 1. The van der Waals surface area contributed by atoms with Gasteiger partial charge in [0.25, 0.3) is 5.91 Å². The van der Waals surface area contributed by atoms with Gasteiger partial charge in [0.1, 0.15) is 23.9 Å². The second kappa shape index (κ2) is 10.4. The molecule has 1 saturated heterocycles. The predicted molar refractivity (Wildman–Crippen MR) is 129 cm³/mol. The topological polar surface area (TPSA) is 111 Å². The van der Waals surface area contributed by atoms with E-state index in [0.717, 1.165) is 10.9 Å². The van der Waals surface area contributed by atoms with Crippen molar-refractivity contribution in [3.8, 4) is 5.75 Å². The molecule has 3 aromatic rings. The number of piperazine rings is 1. The van der Waals surface area contributed by atoms with Gasteiger partial charge in [-0.05, 0) is 35.9 Å². The Labute approximate surface area is 206 Å². The third kappa shape index (κ3) is 5.16. The Hall–Kier alpha value is -3.14. The molecule has 1 unspecified atom stereocenters. The van der Waals surface area contributed by atoms with Crippen molar-refractivity contribution in [3.63, 3.8) is 0 Å². The van der Waals surface area contributed by atoms with Gasteiger partial charge in [-0.2, -0.15) is 0 Å². The summed E-state index contributed by atoms with van der Waals surface area (Å²) >= 11 is 12.0. The fraction of sp³-hybridized carbons (Fsp3) is 0.304. The number of anilines is 1. The van der Waals surface area contributed by atoms with Crippen LogP contribution in [0, 0.1) is 0 Å². The van der Waals surface area contributed by atoms with E-state index in [4.69, 9.17) is 38.4 Å². The summed E-state index contributed by atoms with van der Waals surface area (Å²) in [6.07, 6.45) is 1.41. The summed E-state index contributed by atoms with van der Waals surface area (Å²) in [5, 5.41) is 1.52. The van der Waals surface area contributed by atoms with E-state index in [0.29, 0.717) is 46.8 Å². The molecule has 4 rings (SSSR count). The summed E-state index contributed by atoms with van der Waals surface area (Å²) in [4.78, 5) is 37.6. The third-order valence-electron chi connectivity index (χ3n) is 5.58. The first-order valence-corrected chi connectivity index (χ1v) is 11.3. The number of nitrogen functional groups attached to an aromatic ring is 1. The standard InChI is InChI=1S/C23H23Cl2N5O4/c1-33-11-19-23(32)29(10-14-2-4-16-18(8-14)27-13-28-22(16)26)6-7-30(19)21(31)12-34-20-5-3-15(24)9-17(20)25/h2-5,8-9,13,19H,6-7,10-12H2,1H3,(H2,26,27,28). The molecule has 0 aliphatic carbocycles. The Morgan fingerprint density at radius 1 is 1.18 bits per heavy atom. The van der Waals surface area contributed by atoms with Crippen LogP contribution >= 0.6 is 23.2 Å². The van der Waals surface area contributed by atoms with Crippen LogP contribution in [0.1, 0.15) is 5.56 Å². The number of amides is 2. The molecular weight excluding hydrogens is 481 g/mol. The molecule has 2 heterocycles. The van der Waals surface area contributed by atoms with Gasteiger partial charge >= 0.3 is 0 Å². The van der Waals surface area contributed by atoms with Crippen molar-refractivity contribution in [2.45, 2.75) is 12.6 Å². The largest absolute Gasteiger partial charge is 0.482 e. The van der Waals surface area contributed by atoms with Crippen LogP contribution in [-0.4, -0.2) is 71.0 Å². The average Bonchev–Trinajstić information content (AvgIpc) is 2.81. The smallest absolute Gasteiger partial charge is 0.261 e. The maximum absolute atomic E-state index is 13.2. The van der Waals surface area contributed by atoms with Crippen LogP contribution in [0.3, 0.4) is 0 Å². The molecule has 1 atom stereocenters. The summed E-state index contributed by atoms with van der Waals surface area (Å²) in [6, 6.07) is 9.61. The number of halogens is 2. The number of aromatic nitrogens is 2. The molecule has 34 heavy (non-hydrogen) atoms. The molecule has 11 heteroatoms. The van der Waals surface area contributed by atoms with E-state index in [2.05, 4.69) is 9.97 Å². The monoisotopic (exact) mass is 503 g/mol. The van der Waals surface area contributed by atoms with Crippen molar-refractivity contribution in [1.29, 1.82) is 0 Å². The molecule has 178 valence electrons. The summed E-state index contributed by atoms with van der Waals surface area (Å²) < 4.78 is 10.8. The number of hydrogen-bond donors (Lipinski definition) is 1. The fourth-order valence-electron chi connectivity index (χ4n) is 3.87. The molecule has 2 N–H and O–H groups in total. The molecule has 2 aromatic carbocycles. The van der Waals surface area contributed by atoms with Gasteiger partial charge in [-0.15, -0.1) is 0 Å². The van der Waals surface area contributed by atoms with E-state index in [1.807, 2.05) is 18.2 Å². The van der Waals surface area contributed by atoms with Crippen LogP contribution in [0.4, 0.5) is 5.82 Å². The second-order valence-electron chi connectivity index (χ2n) is 7.79. The van der Waals surface area contributed by atoms with Crippen molar-refractivity contribution < 1.29 is 19.1 Å². The molecular formula is C23H23Cl2N5O4. The summed E-state index contributed by atoms with van der Waals surface area (Å²) in [5.74, 6) is 0.211. The number of benzene rings is 2. The first-order chi connectivity index (χ1) is 16.4. The Kier molecular flexibility index (Phi) is 7.35. The Balaban J connectivity index is 1.44. The van der Waals surface area contributed by atoms with Gasteiger partial charge in [-0.3, -0.25) is 9.59 Å². The van der Waals surface area contributed by atoms with Gasteiger partial charge in [0.2, 0.25) is 5.91 Å². The van der Waals surface area contributed by atoms with Crippen LogP contribution in [0.25, 0.3) is 10.9 Å². The first kappa shape index (κ1) is 24.0. The minimum absolute atomic E-state index is 0.0737. The minimum Gasteiger partial charge on any atom is -0.482 e. The van der Waals surface area contributed by atoms with Crippen LogP contribution in [0.15, 0.2) is 42.7 Å². The van der Waals surface area contributed by atoms with Crippen molar-refractivity contribution in [3.05, 3.63) is 58.3 Å². The van der Waals surface area contributed by atoms with E-state index in [9.17, 15) is 9.59 Å². The molecule has 1 fully saturated rings. The minimum atomic E-state index is -0.756. The Morgan fingerprint density at radius 2 is 2.00 bits per heavy atom. The highest BCUT2D eigenvalue weighted by molar-refractivity contribution is 6.35. The highest BCUT2D eigenvalue weighted by atomic mass is 35.5. The molecule has 0 bridgehead atoms. The number of nitrogens with zero attached hydrogens (tertiary/aromatic N) is 4. The van der Waals surface area contributed by atoms with E-state index in [1.54, 1.807) is 17.0 Å². The zero-order valence-corrected chi connectivity index (χ0v) is 19.9. The van der Waals surface area contributed by atoms with E-state index in [1.165, 1.54) is 24.4 Å². The van der Waals surface area contributed by atoms with Gasteiger partial charge in [-0.1, -0.05) is 29.3 Å². The number of fused-ring (bicyclic) bond motifs is 1. The molecule has 1 aliphatic heterocycles. The lowest BCUT2D eigenvalue weighted by molar-refractivity contribution is -0.155. The van der Waals surface area contributed by atoms with Crippen molar-refractivity contribution in [1.82, 2.24) is 19.8 Å². The molecule has 9 nitrogen and oxygen atoms in total. The lowest BCUT2D eigenvalue weighted by Gasteiger charge is -2.40. The Bertz CT molecular complexity index is 1230. The quantitative estimate of drug-likeness (QED) is 0.527. The van der Waals surface area contributed by atoms with E-state index >= 15 is 0 Å². The van der Waals surface area contributed by atoms with Crippen molar-refractivity contribution in [2.24, 2.45) is 0 Å². The number of carbonyl (C=O) groups is 2. The highest BCUT2D eigenvalue weighted by Gasteiger charge is 2.37. The molecule has 0 spiro atoms. The van der Waals surface area contributed by atoms with Crippen molar-refractivity contribution >= 4 is 51.7 Å². The summed E-state index contributed by atoms with van der Waals surface area (Å²) in [7, 11) is 1.49. The van der Waals surface area contributed by atoms with E-state index < -0.39 is 6.04 Å². The van der Waals surface area contributed by atoms with Crippen molar-refractivity contribution in [2.75, 3.05) is 39.1 Å². The summed E-state index contributed by atoms with van der Waals surface area (Å²) in [5.41, 5.74) is 7.50. The number of hydrogen-bond acceptors (Lipinski definition) is 7. The predicted octanol–water partition coefficient (Wildman–Crippen LogP) is 2.78. The lowest BCUT2D eigenvalue weighted by atomic mass is 10.1. The normalized spacial score (nSPS) is 16.2. The van der Waals surface area contributed by atoms with Crippen LogP contribution in [0.5, 0.6) is 5.75 Å². The first-order valence-electron chi connectivity index (χ1n) is 10.5. The maximum Gasteiger partial charge on any atom is 0.261 e. The zero-order valence-electron chi connectivity index (χ0n) is 18.4. The highest BCUT2D eigenvalue weighted by Crippen LogP contribution is 2.28. The molecule has 1 aliphatic rings. The number of ether oxygens (including phenoxy) is 2. The van der Waals surface area contributed by atoms with Gasteiger partial charge in [0.05, 0.1) is 17.1 Å². The molecule has 2 amide bonds. The molecule has 1 aromatic heterocycles. The summed E-state index contributed by atoms with van der Waals surface area (Å²) in [6.45, 7) is 0.901. The zero-order chi connectivity index (χ0) is 24.2. The fourth-order valence-corrected chi connectivity index (χ4v) is 4.33. The Morgan fingerprint density at radius 3 is 2.76 bits per heavy atom. The lowest BCUT2D eigenvalue weighted by Crippen LogP contribution is -2.60. The van der Waals surface area contributed by atoms with Gasteiger partial charge in [0.15, 0.2) is 6.61 Å². The molecule has 0 saturated carbocycles. The molecule has 0 radical (unpaired) electrons. The maximum atomic E-state index is 13.2. The van der Waals surface area contributed by atoms with Crippen LogP contribution < -0.4 is 10.5 Å². The van der Waals surface area contributed by atoms with Gasteiger partial charge in [-0.25, -0.2) is 9.97 Å². The van der Waals surface area contributed by atoms with Gasteiger partial charge in [0, 0.05) is 37.2 Å². The van der Waals surface area contributed by atoms with E-state index in [-0.39, 0.29) is 25.0 Å². The average molecular weight is 504 g/mol. The van der Waals surface area contributed by atoms with Gasteiger partial charge < -0.3 is 25.0 Å². The number of nitrogens with two attached hydrogens (primary N) is 1. The van der Waals surface area contributed by atoms with Crippen LogP contribution in [0.2, 0.25) is 10.0 Å². The van der Waals surface area contributed by atoms with Crippen LogP contribution in [-0.2, 0) is 20.9 Å². The SMILES string of the molecule is COCC1C(=O)N(Cc2ccc3c(N)ncnc3c2)CCN1C(=O)COc1ccc(Cl)cc1Cl. The number of carbonyl (C=O) groups excluding carboxylic acids is 2. The second-order valence-corrected chi connectivity index (χ2v) is 8.64. The third-order valence-corrected chi connectivity index (χ3v) is 6.11. The number of rotatable bonds is 7.